The van der Waals surface area contributed by atoms with Gasteiger partial charge in [-0.25, -0.2) is 0 Å². The lowest BCUT2D eigenvalue weighted by atomic mass is 10.2. The lowest BCUT2D eigenvalue weighted by Crippen LogP contribution is -2.28. The van der Waals surface area contributed by atoms with Crippen molar-refractivity contribution in [2.24, 2.45) is 0 Å². The highest BCUT2D eigenvalue weighted by Crippen LogP contribution is 2.15. The highest BCUT2D eigenvalue weighted by molar-refractivity contribution is 5.99. The van der Waals surface area contributed by atoms with Crippen molar-refractivity contribution in [2.45, 2.75) is 20.4 Å². The Morgan fingerprint density at radius 2 is 2.30 bits per heavy atom. The van der Waals surface area contributed by atoms with Crippen molar-refractivity contribution in [1.29, 1.82) is 0 Å². The first-order valence-corrected chi connectivity index (χ1v) is 6.53. The molecule has 20 heavy (non-hydrogen) atoms. The second-order valence-corrected chi connectivity index (χ2v) is 4.32. The number of hydrogen-bond acceptors (Lipinski definition) is 5. The fourth-order valence-corrected chi connectivity index (χ4v) is 1.81. The lowest BCUT2D eigenvalue weighted by molar-refractivity contribution is 0.0952. The average molecular weight is 274 g/mol. The van der Waals surface area contributed by atoms with Crippen LogP contribution >= 0.6 is 0 Å². The van der Waals surface area contributed by atoms with Crippen molar-refractivity contribution in [3.05, 3.63) is 35.9 Å². The van der Waals surface area contributed by atoms with Crippen molar-refractivity contribution in [1.82, 2.24) is 25.3 Å². The largest absolute Gasteiger partial charge is 0.385 e. The summed E-state index contributed by atoms with van der Waals surface area (Å²) in [6, 6.07) is 1.87. The molecule has 2 aromatic rings. The summed E-state index contributed by atoms with van der Waals surface area (Å²) in [7, 11) is 0. The molecule has 0 saturated carbocycles. The van der Waals surface area contributed by atoms with Gasteiger partial charge in [-0.05, 0) is 19.9 Å². The molecule has 7 nitrogen and oxygen atoms in total. The second kappa shape index (κ2) is 6.65. The molecule has 2 aromatic heterocycles. The van der Waals surface area contributed by atoms with Gasteiger partial charge in [0.1, 0.15) is 0 Å². The molecule has 0 spiro atoms. The Labute approximate surface area is 117 Å². The predicted molar refractivity (Wildman–Crippen MR) is 75.5 cm³/mol. The minimum Gasteiger partial charge on any atom is -0.385 e. The zero-order chi connectivity index (χ0) is 14.4. The first kappa shape index (κ1) is 14.0. The van der Waals surface area contributed by atoms with Gasteiger partial charge < -0.3 is 10.6 Å². The molecule has 0 unspecified atom stereocenters. The van der Waals surface area contributed by atoms with E-state index in [2.05, 4.69) is 25.9 Å². The minimum absolute atomic E-state index is 0.145. The van der Waals surface area contributed by atoms with Gasteiger partial charge in [0, 0.05) is 31.2 Å². The van der Waals surface area contributed by atoms with Crippen LogP contribution < -0.4 is 10.6 Å². The summed E-state index contributed by atoms with van der Waals surface area (Å²) >= 11 is 0. The van der Waals surface area contributed by atoms with Crippen LogP contribution in [0.25, 0.3) is 0 Å². The number of nitrogens with zero attached hydrogens (tertiary/aromatic N) is 4. The molecule has 2 N–H and O–H groups in total. The molecule has 0 saturated heterocycles. The van der Waals surface area contributed by atoms with Crippen LogP contribution in [0.2, 0.25) is 0 Å². The van der Waals surface area contributed by atoms with Gasteiger partial charge in [0.25, 0.3) is 5.91 Å². The Balaban J connectivity index is 1.97. The van der Waals surface area contributed by atoms with E-state index in [1.54, 1.807) is 23.3 Å². The number of anilines is 1. The van der Waals surface area contributed by atoms with Gasteiger partial charge in [-0.1, -0.05) is 5.21 Å². The number of aryl methyl sites for hydroxylation is 1. The summed E-state index contributed by atoms with van der Waals surface area (Å²) < 4.78 is 1.67. The molecule has 7 heteroatoms. The first-order chi connectivity index (χ1) is 9.70. The Bertz CT molecular complexity index is 566. The Kier molecular flexibility index (Phi) is 4.65. The Morgan fingerprint density at radius 1 is 1.45 bits per heavy atom. The minimum atomic E-state index is -0.145. The van der Waals surface area contributed by atoms with Crippen molar-refractivity contribution in [2.75, 3.05) is 18.4 Å². The molecular formula is C13H18N6O. The molecule has 2 heterocycles. The monoisotopic (exact) mass is 274 g/mol. The number of hydrogen-bond donors (Lipinski definition) is 2. The van der Waals surface area contributed by atoms with Crippen molar-refractivity contribution < 1.29 is 4.79 Å². The van der Waals surface area contributed by atoms with Crippen LogP contribution in [0.3, 0.4) is 0 Å². The third-order valence-electron chi connectivity index (χ3n) is 2.75. The van der Waals surface area contributed by atoms with Gasteiger partial charge in [0.15, 0.2) is 0 Å². The molecule has 0 radical (unpaired) electrons. The topological polar surface area (TPSA) is 84.7 Å². The van der Waals surface area contributed by atoms with E-state index in [1.165, 1.54) is 0 Å². The maximum absolute atomic E-state index is 12.1. The van der Waals surface area contributed by atoms with Crippen molar-refractivity contribution >= 4 is 11.6 Å². The van der Waals surface area contributed by atoms with E-state index in [0.717, 1.165) is 17.9 Å². The number of carbonyl (C=O) groups excluding carboxylic acids is 1. The van der Waals surface area contributed by atoms with Crippen LogP contribution in [0.1, 0.15) is 23.0 Å². The molecule has 0 aliphatic rings. The van der Waals surface area contributed by atoms with Gasteiger partial charge in [0.05, 0.1) is 24.0 Å². The van der Waals surface area contributed by atoms with E-state index in [4.69, 9.17) is 0 Å². The number of aromatic nitrogens is 4. The van der Waals surface area contributed by atoms with E-state index < -0.39 is 0 Å². The summed E-state index contributed by atoms with van der Waals surface area (Å²) in [4.78, 5) is 16.3. The molecule has 0 aliphatic heterocycles. The molecule has 0 bridgehead atoms. The second-order valence-electron chi connectivity index (χ2n) is 4.32. The maximum Gasteiger partial charge on any atom is 0.255 e. The summed E-state index contributed by atoms with van der Waals surface area (Å²) in [5, 5.41) is 13.6. The molecule has 0 aliphatic carbocycles. The maximum atomic E-state index is 12.1. The van der Waals surface area contributed by atoms with Gasteiger partial charge in [0.2, 0.25) is 0 Å². The third-order valence-corrected chi connectivity index (χ3v) is 2.75. The predicted octanol–water partition coefficient (Wildman–Crippen LogP) is 0.843. The number of amides is 1. The zero-order valence-corrected chi connectivity index (χ0v) is 11.6. The Hall–Kier alpha value is -2.44. The first-order valence-electron chi connectivity index (χ1n) is 6.53. The van der Waals surface area contributed by atoms with E-state index in [-0.39, 0.29) is 5.91 Å². The number of carbonyl (C=O) groups is 1. The van der Waals surface area contributed by atoms with Crippen LogP contribution in [0.15, 0.2) is 24.7 Å². The molecule has 2 rings (SSSR count). The van der Waals surface area contributed by atoms with E-state index in [9.17, 15) is 4.79 Å². The van der Waals surface area contributed by atoms with Crippen LogP contribution in [-0.4, -0.2) is 39.0 Å². The average Bonchev–Trinajstić information content (AvgIpc) is 2.92. The molecule has 0 aromatic carbocycles. The fraction of sp³-hybridized carbons (Fsp3) is 0.385. The number of pyridine rings is 1. The summed E-state index contributed by atoms with van der Waals surface area (Å²) in [5.74, 6) is -0.145. The Morgan fingerprint density at radius 3 is 3.00 bits per heavy atom. The summed E-state index contributed by atoms with van der Waals surface area (Å²) in [6.07, 6.45) is 4.96. The van der Waals surface area contributed by atoms with Crippen molar-refractivity contribution in [3.63, 3.8) is 0 Å². The summed E-state index contributed by atoms with van der Waals surface area (Å²) in [5.41, 5.74) is 2.23. The van der Waals surface area contributed by atoms with E-state index in [1.807, 2.05) is 19.9 Å². The van der Waals surface area contributed by atoms with Crippen LogP contribution in [0, 0.1) is 6.92 Å². The smallest absolute Gasteiger partial charge is 0.255 e. The molecule has 0 fully saturated rings. The van der Waals surface area contributed by atoms with E-state index in [0.29, 0.717) is 18.7 Å². The molecule has 106 valence electrons. The van der Waals surface area contributed by atoms with Gasteiger partial charge in [-0.3, -0.25) is 14.5 Å². The van der Waals surface area contributed by atoms with Gasteiger partial charge in [-0.15, -0.1) is 5.10 Å². The van der Waals surface area contributed by atoms with Gasteiger partial charge in [-0.2, -0.15) is 0 Å². The molecular weight excluding hydrogens is 256 g/mol. The number of nitrogens with one attached hydrogen (secondary N) is 2. The van der Waals surface area contributed by atoms with Crippen LogP contribution in [0.4, 0.5) is 5.69 Å². The number of rotatable bonds is 6. The molecule has 0 atom stereocenters. The normalized spacial score (nSPS) is 10.3. The fourth-order valence-electron chi connectivity index (χ4n) is 1.81. The molecule has 1 amide bonds. The van der Waals surface area contributed by atoms with Crippen LogP contribution in [-0.2, 0) is 6.54 Å². The third kappa shape index (κ3) is 3.53. The van der Waals surface area contributed by atoms with Crippen LogP contribution in [0.5, 0.6) is 0 Å². The highest BCUT2D eigenvalue weighted by Gasteiger charge is 2.11. The quantitative estimate of drug-likeness (QED) is 0.815. The summed E-state index contributed by atoms with van der Waals surface area (Å²) in [6.45, 7) is 5.71. The zero-order valence-electron chi connectivity index (χ0n) is 11.6. The van der Waals surface area contributed by atoms with E-state index >= 15 is 0 Å². The van der Waals surface area contributed by atoms with Gasteiger partial charge >= 0.3 is 0 Å². The SMILES string of the molecule is CCNc1cc(C)ncc1C(=O)NCCn1ccnn1. The van der Waals surface area contributed by atoms with Crippen molar-refractivity contribution in [3.8, 4) is 0 Å². The standard InChI is InChI=1S/C13H18N6O/c1-3-14-12-8-10(2)16-9-11(12)13(20)15-4-6-19-7-5-17-18-19/h5,7-9H,3-4,6H2,1-2H3,(H,14,16)(H,15,20). The lowest BCUT2D eigenvalue weighted by Gasteiger charge is -2.11. The highest BCUT2D eigenvalue weighted by atomic mass is 16.1.